The molecule has 0 bridgehead atoms. The number of hydrogen-bond acceptors (Lipinski definition) is 5. The van der Waals surface area contributed by atoms with E-state index in [4.69, 9.17) is 11.6 Å². The first-order chi connectivity index (χ1) is 16.1. The van der Waals surface area contributed by atoms with Crippen LogP contribution < -0.4 is 0 Å². The highest BCUT2D eigenvalue weighted by atomic mass is 79.9. The van der Waals surface area contributed by atoms with Gasteiger partial charge in [0.1, 0.15) is 22.1 Å². The van der Waals surface area contributed by atoms with Gasteiger partial charge in [-0.3, -0.25) is 0 Å². The summed E-state index contributed by atoms with van der Waals surface area (Å²) < 4.78 is 49.4. The minimum absolute atomic E-state index is 0.0195. The van der Waals surface area contributed by atoms with Crippen molar-refractivity contribution in [2.45, 2.75) is 46.1 Å². The first-order valence-corrected chi connectivity index (χ1v) is 14.4. The molecular formula is C20H17Br4ClF3N5S. The van der Waals surface area contributed by atoms with Crippen molar-refractivity contribution in [3.05, 3.63) is 40.4 Å². The van der Waals surface area contributed by atoms with Crippen LogP contribution in [-0.2, 0) is 6.54 Å². The summed E-state index contributed by atoms with van der Waals surface area (Å²) in [4.78, 5) is 1.54. The fourth-order valence-electron chi connectivity index (χ4n) is 3.15. The van der Waals surface area contributed by atoms with Crippen molar-refractivity contribution in [3.8, 4) is 0 Å². The molecule has 0 N–H and O–H groups in total. The molecule has 0 spiro atoms. The van der Waals surface area contributed by atoms with Gasteiger partial charge in [-0.2, -0.15) is 23.7 Å². The van der Waals surface area contributed by atoms with E-state index in [1.54, 1.807) is 4.80 Å². The Hall–Kier alpha value is -0.340. The van der Waals surface area contributed by atoms with Crippen LogP contribution in [0.25, 0.3) is 22.1 Å². The standard InChI is InChI=1S/C14H17Br2F2N3.C6Br2ClFN2S/c1-3-5-6-8(4-2)7-21-19-13-9(15)11(17)12(18)10(16)14(13)20-21;7-1-3(9)4(10)2(8)6-5(1)11-13-12-6/h8H,3-7H2,1-2H3;. The van der Waals surface area contributed by atoms with Crippen molar-refractivity contribution in [2.24, 2.45) is 5.92 Å². The van der Waals surface area contributed by atoms with Gasteiger partial charge in [0.15, 0.2) is 17.5 Å². The Morgan fingerprint density at radius 2 is 1.32 bits per heavy atom. The average molecular weight is 772 g/mol. The minimum Gasteiger partial charge on any atom is -0.204 e. The Bertz CT molecular complexity index is 1250. The predicted molar refractivity (Wildman–Crippen MR) is 144 cm³/mol. The Morgan fingerprint density at radius 1 is 0.824 bits per heavy atom. The lowest BCUT2D eigenvalue weighted by atomic mass is 10.00. The van der Waals surface area contributed by atoms with E-state index < -0.39 is 17.5 Å². The maximum absolute atomic E-state index is 13.7. The predicted octanol–water partition coefficient (Wildman–Crippen LogP) is 9.46. The van der Waals surface area contributed by atoms with Crippen molar-refractivity contribution in [1.29, 1.82) is 0 Å². The van der Waals surface area contributed by atoms with E-state index in [9.17, 15) is 13.2 Å². The van der Waals surface area contributed by atoms with Gasteiger partial charge >= 0.3 is 0 Å². The zero-order valence-electron chi connectivity index (χ0n) is 17.8. The lowest BCUT2D eigenvalue weighted by Crippen LogP contribution is -2.12. The summed E-state index contributed by atoms with van der Waals surface area (Å²) in [6.45, 7) is 4.95. The number of hydrogen-bond donors (Lipinski definition) is 0. The summed E-state index contributed by atoms with van der Waals surface area (Å²) in [5.74, 6) is -1.94. The summed E-state index contributed by atoms with van der Waals surface area (Å²) in [7, 11) is 0. The Kier molecular flexibility index (Phi) is 10.2. The molecule has 0 radical (unpaired) electrons. The molecule has 0 fully saturated rings. The fraction of sp³-hybridized carbons (Fsp3) is 0.400. The highest BCUT2D eigenvalue weighted by Crippen LogP contribution is 2.38. The molecule has 0 saturated heterocycles. The molecule has 0 aliphatic heterocycles. The van der Waals surface area contributed by atoms with Crippen LogP contribution in [0.4, 0.5) is 13.2 Å². The molecule has 2 aromatic heterocycles. The molecule has 0 amide bonds. The molecule has 14 heteroatoms. The van der Waals surface area contributed by atoms with E-state index >= 15 is 0 Å². The number of fused-ring (bicyclic) bond motifs is 2. The molecule has 0 aliphatic rings. The van der Waals surface area contributed by atoms with E-state index in [0.717, 1.165) is 37.4 Å². The number of halogens is 8. The first-order valence-electron chi connectivity index (χ1n) is 10.1. The van der Waals surface area contributed by atoms with Crippen LogP contribution in [0.2, 0.25) is 5.02 Å². The largest absolute Gasteiger partial charge is 0.204 e. The van der Waals surface area contributed by atoms with Gasteiger partial charge in [-0.25, -0.2) is 13.2 Å². The number of aromatic nitrogens is 5. The zero-order chi connectivity index (χ0) is 25.2. The molecule has 1 atom stereocenters. The molecular weight excluding hydrogens is 754 g/mol. The summed E-state index contributed by atoms with van der Waals surface area (Å²) in [6.07, 6.45) is 4.45. The number of nitrogens with zero attached hydrogens (tertiary/aromatic N) is 5. The molecule has 1 unspecified atom stereocenters. The molecule has 34 heavy (non-hydrogen) atoms. The van der Waals surface area contributed by atoms with Crippen LogP contribution in [0.3, 0.4) is 0 Å². The molecule has 0 saturated carbocycles. The van der Waals surface area contributed by atoms with Crippen LogP contribution in [-0.4, -0.2) is 23.7 Å². The molecule has 0 aliphatic carbocycles. The van der Waals surface area contributed by atoms with Crippen LogP contribution in [0.5, 0.6) is 0 Å². The average Bonchev–Trinajstić information content (AvgIpc) is 3.49. The van der Waals surface area contributed by atoms with Crippen molar-refractivity contribution < 1.29 is 13.2 Å². The third kappa shape index (κ3) is 5.80. The Labute approximate surface area is 236 Å². The van der Waals surface area contributed by atoms with Crippen molar-refractivity contribution >= 4 is 109 Å². The third-order valence-corrected chi connectivity index (χ3v) is 9.15. The van der Waals surface area contributed by atoms with Crippen LogP contribution in [0.15, 0.2) is 17.9 Å². The number of benzene rings is 2. The minimum atomic E-state index is -0.945. The first kappa shape index (κ1) is 28.2. The summed E-state index contributed by atoms with van der Waals surface area (Å²) in [5.41, 5.74) is 1.74. The Balaban J connectivity index is 0.000000212. The molecule has 184 valence electrons. The quantitative estimate of drug-likeness (QED) is 0.145. The second-order valence-electron chi connectivity index (χ2n) is 7.34. The maximum Gasteiger partial charge on any atom is 0.176 e. The SMILES string of the molecule is CCCCC(CC)Cn1nc2c(Br)c(F)c(F)c(Br)c2n1.Fc1c(Cl)c(Br)c2nsnc2c1Br. The van der Waals surface area contributed by atoms with E-state index in [0.29, 0.717) is 39.0 Å². The van der Waals surface area contributed by atoms with Gasteiger partial charge in [0.05, 0.1) is 41.2 Å². The highest BCUT2D eigenvalue weighted by molar-refractivity contribution is 9.11. The molecule has 2 heterocycles. The smallest absolute Gasteiger partial charge is 0.176 e. The van der Waals surface area contributed by atoms with Gasteiger partial charge in [-0.1, -0.05) is 44.7 Å². The Morgan fingerprint density at radius 3 is 1.82 bits per heavy atom. The summed E-state index contributed by atoms with van der Waals surface area (Å²) in [5, 5.41) is 8.61. The van der Waals surface area contributed by atoms with Gasteiger partial charge in [0.25, 0.3) is 0 Å². The maximum atomic E-state index is 13.7. The van der Waals surface area contributed by atoms with Crippen molar-refractivity contribution in [2.75, 3.05) is 0 Å². The number of unbranched alkanes of at least 4 members (excludes halogenated alkanes) is 1. The molecule has 4 aromatic rings. The summed E-state index contributed by atoms with van der Waals surface area (Å²) in [6, 6.07) is 0. The van der Waals surface area contributed by atoms with Crippen LogP contribution >= 0.6 is 87.0 Å². The van der Waals surface area contributed by atoms with Gasteiger partial charge in [-0.05, 0) is 76.1 Å². The van der Waals surface area contributed by atoms with Gasteiger partial charge in [-0.15, -0.1) is 0 Å². The second-order valence-corrected chi connectivity index (χ2v) is 11.4. The van der Waals surface area contributed by atoms with Crippen LogP contribution in [0.1, 0.15) is 39.5 Å². The lowest BCUT2D eigenvalue weighted by molar-refractivity contribution is 0.351. The van der Waals surface area contributed by atoms with E-state index in [1.165, 1.54) is 0 Å². The van der Waals surface area contributed by atoms with Gasteiger partial charge < -0.3 is 0 Å². The lowest BCUT2D eigenvalue weighted by Gasteiger charge is -2.12. The van der Waals surface area contributed by atoms with Crippen LogP contribution in [0, 0.1) is 23.4 Å². The van der Waals surface area contributed by atoms with Crippen molar-refractivity contribution in [1.82, 2.24) is 23.7 Å². The van der Waals surface area contributed by atoms with E-state index in [1.807, 2.05) is 0 Å². The van der Waals surface area contributed by atoms with Crippen molar-refractivity contribution in [3.63, 3.8) is 0 Å². The van der Waals surface area contributed by atoms with E-state index in [2.05, 4.69) is 96.5 Å². The molecule has 2 aromatic carbocycles. The fourth-order valence-corrected chi connectivity index (χ4v) is 6.05. The zero-order valence-corrected chi connectivity index (χ0v) is 25.7. The summed E-state index contributed by atoms with van der Waals surface area (Å²) >= 11 is 19.0. The van der Waals surface area contributed by atoms with Gasteiger partial charge in [0, 0.05) is 0 Å². The normalized spacial score (nSPS) is 12.3. The number of rotatable bonds is 6. The molecule has 5 nitrogen and oxygen atoms in total. The second kappa shape index (κ2) is 12.3. The monoisotopic (exact) mass is 767 g/mol. The topological polar surface area (TPSA) is 56.5 Å². The third-order valence-electron chi connectivity index (χ3n) is 5.10. The van der Waals surface area contributed by atoms with E-state index in [-0.39, 0.29) is 18.4 Å². The van der Waals surface area contributed by atoms with Gasteiger partial charge in [0.2, 0.25) is 0 Å². The molecule has 4 rings (SSSR count). The highest BCUT2D eigenvalue weighted by Gasteiger charge is 2.22.